The molecule has 37 heavy (non-hydrogen) atoms. The first-order chi connectivity index (χ1) is 16.9. The molecule has 0 spiro atoms. The monoisotopic (exact) mass is 528 g/mol. The fourth-order valence-corrected chi connectivity index (χ4v) is 2.33. The molecule has 0 saturated heterocycles. The van der Waals surface area contributed by atoms with E-state index in [1.807, 2.05) is 0 Å². The molecule has 0 saturated carbocycles. The third-order valence-electron chi connectivity index (χ3n) is 3.54. The molecule has 0 radical (unpaired) electrons. The smallest absolute Gasteiger partial charge is 0.417 e. The van der Waals surface area contributed by atoms with Crippen molar-refractivity contribution >= 4 is 24.2 Å². The summed E-state index contributed by atoms with van der Waals surface area (Å²) in [5, 5.41) is 5.07. The fraction of sp³-hybridized carbons (Fsp3) is 0.760. The molecule has 0 atom stereocenters. The van der Waals surface area contributed by atoms with Crippen molar-refractivity contribution in [3.05, 3.63) is 0 Å². The first kappa shape index (κ1) is 34.0. The summed E-state index contributed by atoms with van der Waals surface area (Å²) in [6.07, 6.45) is 2.95. The average molecular weight is 529 g/mol. The van der Waals surface area contributed by atoms with E-state index < -0.39 is 35.1 Å². The SMILES string of the molecule is C#CCOCCOCCN(C(=O)OC(C)(C)C)C(=NCCNC(=O)OC(C)(C)C)NC(=O)OC(C)(C)C. The number of terminal acetylenes is 1. The highest BCUT2D eigenvalue weighted by Crippen LogP contribution is 2.11. The van der Waals surface area contributed by atoms with Gasteiger partial charge in [-0.05, 0) is 62.3 Å². The largest absolute Gasteiger partial charge is 0.444 e. The van der Waals surface area contributed by atoms with Crippen molar-refractivity contribution in [2.75, 3.05) is 46.1 Å². The van der Waals surface area contributed by atoms with Crippen molar-refractivity contribution in [1.82, 2.24) is 15.5 Å². The standard InChI is InChI=1S/C25H44N4O8/c1-11-15-33-17-18-34-16-14-29(22(32)37-25(8,9)10)19(28-21(31)36-24(5,6)7)26-12-13-27-20(30)35-23(2,3)4/h1H,12-18H2,2-10H3,(H,27,30)(H,26,28,31). The molecule has 0 aromatic carbocycles. The van der Waals surface area contributed by atoms with Crippen LogP contribution in [0.1, 0.15) is 62.3 Å². The van der Waals surface area contributed by atoms with Crippen molar-refractivity contribution in [3.63, 3.8) is 0 Å². The fourth-order valence-electron chi connectivity index (χ4n) is 2.33. The Morgan fingerprint density at radius 2 is 1.35 bits per heavy atom. The predicted molar refractivity (Wildman–Crippen MR) is 139 cm³/mol. The normalized spacial score (nSPS) is 12.3. The van der Waals surface area contributed by atoms with E-state index in [2.05, 4.69) is 21.5 Å². The zero-order chi connectivity index (χ0) is 28.7. The second-order valence-corrected chi connectivity index (χ2v) is 10.8. The second-order valence-electron chi connectivity index (χ2n) is 10.8. The predicted octanol–water partition coefficient (Wildman–Crippen LogP) is 3.30. The van der Waals surface area contributed by atoms with Gasteiger partial charge in [-0.15, -0.1) is 6.42 Å². The summed E-state index contributed by atoms with van der Waals surface area (Å²) in [5.74, 6) is 2.23. The molecule has 0 aliphatic rings. The van der Waals surface area contributed by atoms with Gasteiger partial charge in [0.15, 0.2) is 0 Å². The Bertz CT molecular complexity index is 801. The zero-order valence-corrected chi connectivity index (χ0v) is 23.7. The number of nitrogens with one attached hydrogen (secondary N) is 2. The van der Waals surface area contributed by atoms with Gasteiger partial charge in [-0.1, -0.05) is 5.92 Å². The maximum Gasteiger partial charge on any atom is 0.417 e. The molecule has 0 aliphatic carbocycles. The maximum absolute atomic E-state index is 13.0. The molecule has 3 amide bonds. The van der Waals surface area contributed by atoms with Crippen LogP contribution in [0.15, 0.2) is 4.99 Å². The number of carbonyl (C=O) groups is 3. The minimum atomic E-state index is -0.816. The Morgan fingerprint density at radius 3 is 1.89 bits per heavy atom. The summed E-state index contributed by atoms with van der Waals surface area (Å²) < 4.78 is 26.7. The Labute approximate surface area is 220 Å². The van der Waals surface area contributed by atoms with Crippen LogP contribution in [-0.4, -0.2) is 92.0 Å². The minimum absolute atomic E-state index is 0.00181. The molecule has 0 unspecified atom stereocenters. The van der Waals surface area contributed by atoms with Gasteiger partial charge in [0.2, 0.25) is 5.96 Å². The number of guanidine groups is 1. The number of ether oxygens (including phenoxy) is 5. The number of nitrogens with zero attached hydrogens (tertiary/aromatic N) is 2. The second kappa shape index (κ2) is 15.9. The van der Waals surface area contributed by atoms with Crippen LogP contribution in [-0.2, 0) is 23.7 Å². The molecule has 0 rings (SSSR count). The molecule has 0 heterocycles. The quantitative estimate of drug-likeness (QED) is 0.145. The number of alkyl carbamates (subject to hydrolysis) is 2. The van der Waals surface area contributed by atoms with Crippen LogP contribution in [0.3, 0.4) is 0 Å². The first-order valence-corrected chi connectivity index (χ1v) is 12.0. The van der Waals surface area contributed by atoms with E-state index >= 15 is 0 Å². The summed E-state index contributed by atoms with van der Waals surface area (Å²) in [6.45, 7) is 16.4. The molecule has 0 aliphatic heterocycles. The van der Waals surface area contributed by atoms with Gasteiger partial charge in [0.1, 0.15) is 23.4 Å². The number of hydrogen-bond donors (Lipinski definition) is 2. The highest BCUT2D eigenvalue weighted by atomic mass is 16.6. The van der Waals surface area contributed by atoms with Crippen molar-refractivity contribution in [2.24, 2.45) is 4.99 Å². The summed E-state index contributed by atoms with van der Waals surface area (Å²) in [6, 6.07) is 0. The van der Waals surface area contributed by atoms with Gasteiger partial charge in [0.25, 0.3) is 0 Å². The molecule has 12 heteroatoms. The number of carbonyl (C=O) groups excluding carboxylic acids is 3. The lowest BCUT2D eigenvalue weighted by molar-refractivity contribution is 0.0248. The topological polar surface area (TPSA) is 137 Å². The summed E-state index contributed by atoms with van der Waals surface area (Å²) >= 11 is 0. The molecule has 0 fully saturated rings. The van der Waals surface area contributed by atoms with Gasteiger partial charge in [-0.2, -0.15) is 0 Å². The van der Waals surface area contributed by atoms with E-state index in [0.29, 0.717) is 0 Å². The molecule has 2 N–H and O–H groups in total. The van der Waals surface area contributed by atoms with Crippen LogP contribution >= 0.6 is 0 Å². The van der Waals surface area contributed by atoms with E-state index in [9.17, 15) is 14.4 Å². The molecule has 0 aromatic rings. The lowest BCUT2D eigenvalue weighted by Gasteiger charge is -2.29. The van der Waals surface area contributed by atoms with Gasteiger partial charge in [-0.25, -0.2) is 19.3 Å². The lowest BCUT2D eigenvalue weighted by Crippen LogP contribution is -2.51. The molecular formula is C25H44N4O8. The summed E-state index contributed by atoms with van der Waals surface area (Å²) in [7, 11) is 0. The number of aliphatic imine (C=N–C) groups is 1. The van der Waals surface area contributed by atoms with Crippen LogP contribution < -0.4 is 10.6 Å². The van der Waals surface area contributed by atoms with Gasteiger partial charge in [0, 0.05) is 6.54 Å². The van der Waals surface area contributed by atoms with Crippen molar-refractivity contribution in [2.45, 2.75) is 79.1 Å². The maximum atomic E-state index is 13.0. The van der Waals surface area contributed by atoms with Crippen LogP contribution in [0.4, 0.5) is 14.4 Å². The van der Waals surface area contributed by atoms with Crippen LogP contribution in [0, 0.1) is 12.3 Å². The van der Waals surface area contributed by atoms with E-state index in [1.165, 1.54) is 0 Å². The Kier molecular flexibility index (Phi) is 14.6. The molecular weight excluding hydrogens is 484 g/mol. The first-order valence-electron chi connectivity index (χ1n) is 12.0. The van der Waals surface area contributed by atoms with Gasteiger partial charge >= 0.3 is 18.3 Å². The number of rotatable bonds is 10. The van der Waals surface area contributed by atoms with Gasteiger partial charge in [-0.3, -0.25) is 10.3 Å². The Balaban J connectivity index is 5.59. The third-order valence-corrected chi connectivity index (χ3v) is 3.54. The van der Waals surface area contributed by atoms with E-state index in [-0.39, 0.29) is 52.0 Å². The van der Waals surface area contributed by atoms with Crippen LogP contribution in [0.2, 0.25) is 0 Å². The van der Waals surface area contributed by atoms with Gasteiger partial charge in [0.05, 0.1) is 32.9 Å². The Morgan fingerprint density at radius 1 is 0.811 bits per heavy atom. The zero-order valence-electron chi connectivity index (χ0n) is 23.7. The van der Waals surface area contributed by atoms with Crippen molar-refractivity contribution in [3.8, 4) is 12.3 Å². The van der Waals surface area contributed by atoms with E-state index in [4.69, 9.17) is 30.1 Å². The number of amides is 3. The van der Waals surface area contributed by atoms with Crippen LogP contribution in [0.25, 0.3) is 0 Å². The van der Waals surface area contributed by atoms with Crippen molar-refractivity contribution in [1.29, 1.82) is 0 Å². The molecule has 212 valence electrons. The Hall–Kier alpha value is -3.04. The minimum Gasteiger partial charge on any atom is -0.444 e. The van der Waals surface area contributed by atoms with E-state index in [1.54, 1.807) is 62.3 Å². The van der Waals surface area contributed by atoms with Crippen molar-refractivity contribution < 1.29 is 38.1 Å². The van der Waals surface area contributed by atoms with Gasteiger partial charge < -0.3 is 29.0 Å². The third kappa shape index (κ3) is 19.8. The lowest BCUT2D eigenvalue weighted by atomic mass is 10.2. The highest BCUT2D eigenvalue weighted by molar-refractivity contribution is 6.01. The summed E-state index contributed by atoms with van der Waals surface area (Å²) in [4.78, 5) is 42.9. The molecule has 12 nitrogen and oxygen atoms in total. The average Bonchev–Trinajstić information content (AvgIpc) is 2.68. The summed E-state index contributed by atoms with van der Waals surface area (Å²) in [5.41, 5.74) is -2.25. The molecule has 0 aromatic heterocycles. The number of hydrogen-bond acceptors (Lipinski definition) is 9. The molecule has 0 bridgehead atoms. The highest BCUT2D eigenvalue weighted by Gasteiger charge is 2.28. The van der Waals surface area contributed by atoms with Crippen LogP contribution in [0.5, 0.6) is 0 Å². The van der Waals surface area contributed by atoms with E-state index in [0.717, 1.165) is 4.90 Å².